The van der Waals surface area contributed by atoms with Gasteiger partial charge in [-0.15, -0.1) is 0 Å². The number of hydrogen-bond donors (Lipinski definition) is 2. The van der Waals surface area contributed by atoms with E-state index in [1.807, 2.05) is 37.3 Å². The number of pyridine rings is 1. The second kappa shape index (κ2) is 9.39. The molecule has 7 nitrogen and oxygen atoms in total. The number of thiocarbonyl (C=S) groups is 1. The molecule has 1 aromatic heterocycles. The Kier molecular flexibility index (Phi) is 6.47. The Hall–Kier alpha value is -3.43. The van der Waals surface area contributed by atoms with Crippen LogP contribution in [0, 0.1) is 6.92 Å². The molecule has 3 aromatic rings. The van der Waals surface area contributed by atoms with E-state index >= 15 is 0 Å². The molecule has 2 aromatic carbocycles. The molecule has 5 rings (SSSR count). The molecule has 0 amide bonds. The number of nitrogens with zero attached hydrogens (tertiary/aromatic N) is 3. The highest BCUT2D eigenvalue weighted by molar-refractivity contribution is 7.92. The van der Waals surface area contributed by atoms with Crippen LogP contribution >= 0.6 is 12.2 Å². The lowest BCUT2D eigenvalue weighted by atomic mass is 9.86. The largest absolute Gasteiger partial charge is 0.366 e. The Morgan fingerprint density at radius 1 is 1.08 bits per heavy atom. The van der Waals surface area contributed by atoms with Crippen LogP contribution < -0.4 is 19.8 Å². The van der Waals surface area contributed by atoms with Gasteiger partial charge in [0, 0.05) is 30.2 Å². The van der Waals surface area contributed by atoms with Crippen molar-refractivity contribution >= 4 is 50.0 Å². The van der Waals surface area contributed by atoms with Crippen LogP contribution in [0.1, 0.15) is 55.2 Å². The van der Waals surface area contributed by atoms with Crippen LogP contribution in [-0.2, 0) is 10.0 Å². The van der Waals surface area contributed by atoms with Crippen molar-refractivity contribution in [3.8, 4) is 0 Å². The third-order valence-corrected chi connectivity index (χ3v) is 8.37. The number of likely N-dealkylation sites (N-methyl/N-ethyl adjacent to an activating group) is 1. The first kappa shape index (κ1) is 26.2. The molecule has 3 heterocycles. The molecule has 2 aliphatic heterocycles. The molecular formula is C29H33N5O2S2. The molecule has 1 saturated heterocycles. The zero-order chi connectivity index (χ0) is 27.4. The van der Waals surface area contributed by atoms with Crippen molar-refractivity contribution in [2.45, 2.75) is 45.3 Å². The number of anilines is 3. The molecular weight excluding hydrogens is 514 g/mol. The van der Waals surface area contributed by atoms with Gasteiger partial charge in [-0.2, -0.15) is 0 Å². The number of fused-ring (bicyclic) bond motifs is 1. The Balaban J connectivity index is 1.63. The third kappa shape index (κ3) is 4.76. The van der Waals surface area contributed by atoms with Crippen LogP contribution in [0.15, 0.2) is 66.9 Å². The topological polar surface area (TPSA) is 77.6 Å². The first-order valence-electron chi connectivity index (χ1n) is 12.5. The Bertz CT molecular complexity index is 1550. The van der Waals surface area contributed by atoms with Crippen molar-refractivity contribution in [2.24, 2.45) is 0 Å². The van der Waals surface area contributed by atoms with Crippen molar-refractivity contribution in [2.75, 3.05) is 27.8 Å². The zero-order valence-electron chi connectivity index (χ0n) is 22.5. The average molecular weight is 548 g/mol. The van der Waals surface area contributed by atoms with Crippen LogP contribution in [0.2, 0.25) is 0 Å². The van der Waals surface area contributed by atoms with Gasteiger partial charge < -0.3 is 15.1 Å². The van der Waals surface area contributed by atoms with Crippen LogP contribution in [0.4, 0.5) is 17.1 Å². The molecule has 2 N–H and O–H groups in total. The quantitative estimate of drug-likeness (QED) is 0.405. The molecule has 1 fully saturated rings. The van der Waals surface area contributed by atoms with Crippen molar-refractivity contribution in [1.82, 2.24) is 10.3 Å². The summed E-state index contributed by atoms with van der Waals surface area (Å²) in [5.74, 6) is 0. The molecule has 0 bridgehead atoms. The summed E-state index contributed by atoms with van der Waals surface area (Å²) < 4.78 is 26.2. The molecule has 38 heavy (non-hydrogen) atoms. The van der Waals surface area contributed by atoms with E-state index in [4.69, 9.17) is 12.2 Å². The molecule has 0 saturated carbocycles. The van der Waals surface area contributed by atoms with E-state index in [1.165, 1.54) is 16.8 Å². The van der Waals surface area contributed by atoms with Gasteiger partial charge in [0.25, 0.3) is 0 Å². The Labute approximate surface area is 230 Å². The average Bonchev–Trinajstić information content (AvgIpc) is 3.20. The number of sulfonamides is 1. The summed E-state index contributed by atoms with van der Waals surface area (Å²) in [6.45, 7) is 8.49. The monoisotopic (exact) mass is 547 g/mol. The number of nitrogens with one attached hydrogen (secondary N) is 2. The zero-order valence-corrected chi connectivity index (χ0v) is 24.1. The summed E-state index contributed by atoms with van der Waals surface area (Å²) in [4.78, 5) is 9.08. The van der Waals surface area contributed by atoms with E-state index in [0.717, 1.165) is 28.8 Å². The molecule has 0 unspecified atom stereocenters. The van der Waals surface area contributed by atoms with E-state index in [-0.39, 0.29) is 17.6 Å². The standard InChI is InChI=1S/C29H33N5O2S2/c1-18-15-21(11-12-23(18)32-38(6,35)36)34-27(26(31-28(34)37)24-9-7-8-14-30-24)20-10-13-25-22(16-20)19(2)17-29(3,4)33(25)5/h7-17,26-27,32H,1-6H3,(H,31,37)/t26-,27+/m1/s1. The second-order valence-corrected chi connectivity index (χ2v) is 12.8. The smallest absolute Gasteiger partial charge is 0.229 e. The molecule has 0 spiro atoms. The number of aryl methyl sites for hydroxylation is 1. The van der Waals surface area contributed by atoms with Gasteiger partial charge in [-0.3, -0.25) is 9.71 Å². The van der Waals surface area contributed by atoms with Crippen LogP contribution in [-0.4, -0.2) is 37.4 Å². The lowest BCUT2D eigenvalue weighted by Crippen LogP contribution is -2.42. The van der Waals surface area contributed by atoms with E-state index in [1.54, 1.807) is 12.3 Å². The van der Waals surface area contributed by atoms with Gasteiger partial charge in [0.15, 0.2) is 5.11 Å². The number of hydrogen-bond acceptors (Lipinski definition) is 5. The summed E-state index contributed by atoms with van der Waals surface area (Å²) >= 11 is 5.89. The predicted octanol–water partition coefficient (Wildman–Crippen LogP) is 5.57. The molecule has 198 valence electrons. The van der Waals surface area contributed by atoms with Crippen LogP contribution in [0.5, 0.6) is 0 Å². The van der Waals surface area contributed by atoms with Gasteiger partial charge in [0.05, 0.1) is 35.3 Å². The van der Waals surface area contributed by atoms with E-state index in [0.29, 0.717) is 10.8 Å². The van der Waals surface area contributed by atoms with Crippen molar-refractivity contribution < 1.29 is 8.42 Å². The highest BCUT2D eigenvalue weighted by Crippen LogP contribution is 2.45. The maximum Gasteiger partial charge on any atom is 0.229 e. The van der Waals surface area contributed by atoms with Gasteiger partial charge in [0.1, 0.15) is 0 Å². The lowest BCUT2D eigenvalue weighted by molar-refractivity contribution is 0.566. The molecule has 2 aliphatic rings. The normalized spacial score (nSPS) is 20.6. The van der Waals surface area contributed by atoms with Crippen molar-refractivity contribution in [3.63, 3.8) is 0 Å². The minimum Gasteiger partial charge on any atom is -0.366 e. The first-order valence-corrected chi connectivity index (χ1v) is 14.8. The van der Waals surface area contributed by atoms with Gasteiger partial charge >= 0.3 is 0 Å². The predicted molar refractivity (Wildman–Crippen MR) is 160 cm³/mol. The molecule has 0 radical (unpaired) electrons. The van der Waals surface area contributed by atoms with Gasteiger partial charge in [-0.1, -0.05) is 18.2 Å². The minimum absolute atomic E-state index is 0.0725. The molecule has 0 aliphatic carbocycles. The van der Waals surface area contributed by atoms with Gasteiger partial charge in [0.2, 0.25) is 10.0 Å². The number of aromatic nitrogens is 1. The summed E-state index contributed by atoms with van der Waals surface area (Å²) in [6, 6.07) is 17.9. The Morgan fingerprint density at radius 2 is 1.84 bits per heavy atom. The highest BCUT2D eigenvalue weighted by atomic mass is 32.2. The van der Waals surface area contributed by atoms with Crippen LogP contribution in [0.25, 0.3) is 5.57 Å². The number of rotatable bonds is 5. The molecule has 9 heteroatoms. The fourth-order valence-electron chi connectivity index (χ4n) is 5.44. The lowest BCUT2D eigenvalue weighted by Gasteiger charge is -2.41. The number of allylic oxidation sites excluding steroid dienone is 1. The van der Waals surface area contributed by atoms with Crippen molar-refractivity contribution in [3.05, 3.63) is 89.3 Å². The highest BCUT2D eigenvalue weighted by Gasteiger charge is 2.41. The maximum absolute atomic E-state index is 11.8. The van der Waals surface area contributed by atoms with Gasteiger partial charge in [-0.05, 0) is 99.1 Å². The fourth-order valence-corrected chi connectivity index (χ4v) is 6.42. The fraction of sp³-hybridized carbons (Fsp3) is 0.310. The summed E-state index contributed by atoms with van der Waals surface area (Å²) in [7, 11) is -1.26. The number of benzene rings is 2. The first-order chi connectivity index (χ1) is 17.9. The SMILES string of the molecule is CC1=CC(C)(C)N(C)c2ccc([C@H]3[C@@H](c4ccccn4)NC(=S)N3c3ccc(NS(C)(=O)=O)c(C)c3)cc21. The molecule has 2 atom stereocenters. The minimum atomic E-state index is -3.39. The van der Waals surface area contributed by atoms with Crippen molar-refractivity contribution in [1.29, 1.82) is 0 Å². The summed E-state index contributed by atoms with van der Waals surface area (Å²) in [5, 5.41) is 4.11. The van der Waals surface area contributed by atoms with Gasteiger partial charge in [-0.25, -0.2) is 8.42 Å². The summed E-state index contributed by atoms with van der Waals surface area (Å²) in [6.07, 6.45) is 5.26. The van der Waals surface area contributed by atoms with E-state index < -0.39 is 10.0 Å². The second-order valence-electron chi connectivity index (χ2n) is 10.7. The van der Waals surface area contributed by atoms with Crippen LogP contribution in [0.3, 0.4) is 0 Å². The van der Waals surface area contributed by atoms with E-state index in [2.05, 4.69) is 76.9 Å². The summed E-state index contributed by atoms with van der Waals surface area (Å²) in [5.41, 5.74) is 7.82. The Morgan fingerprint density at radius 3 is 2.50 bits per heavy atom. The maximum atomic E-state index is 11.8. The third-order valence-electron chi connectivity index (χ3n) is 7.46. The van der Waals surface area contributed by atoms with E-state index in [9.17, 15) is 8.42 Å².